The van der Waals surface area contributed by atoms with Crippen molar-refractivity contribution in [1.29, 1.82) is 0 Å². The summed E-state index contributed by atoms with van der Waals surface area (Å²) in [6.07, 6.45) is -1.19. The number of carboxylic acid groups (broad SMARTS) is 1. The van der Waals surface area contributed by atoms with Gasteiger partial charge in [-0.3, -0.25) is 0 Å². The maximum Gasteiger partial charge on any atom is 0.138 e. The van der Waals surface area contributed by atoms with Crippen LogP contribution >= 0.6 is 0 Å². The number of methoxy groups -OCH3 is 1. The van der Waals surface area contributed by atoms with Crippen molar-refractivity contribution in [2.75, 3.05) is 7.11 Å². The number of nitrogens with zero attached hydrogens (tertiary/aromatic N) is 1. The van der Waals surface area contributed by atoms with Gasteiger partial charge in [0.15, 0.2) is 0 Å². The summed E-state index contributed by atoms with van der Waals surface area (Å²) >= 11 is 0. The fourth-order valence-corrected chi connectivity index (χ4v) is 3.35. The monoisotopic (exact) mass is 366 g/mol. The first kappa shape index (κ1) is 19.0. The molecule has 0 saturated carbocycles. The molecule has 3 rings (SSSR count). The van der Waals surface area contributed by atoms with Gasteiger partial charge in [-0.15, -0.1) is 0 Å². The molecule has 5 heteroatoms. The zero-order valence-electron chi connectivity index (χ0n) is 16.3. The molecule has 0 fully saturated rings. The van der Waals surface area contributed by atoms with Crippen LogP contribution in [-0.2, 0) is 16.6 Å². The minimum absolute atomic E-state index is 0.566. The number of aryl methyl sites for hydroxylation is 1. The van der Waals surface area contributed by atoms with Crippen molar-refractivity contribution in [1.82, 2.24) is 4.57 Å². The molecule has 2 aromatic carbocycles. The van der Waals surface area contributed by atoms with E-state index in [1.54, 1.807) is 7.11 Å². The van der Waals surface area contributed by atoms with Gasteiger partial charge in [-0.05, 0) is 44.5 Å². The van der Waals surface area contributed by atoms with Crippen molar-refractivity contribution < 1.29 is 19.4 Å². The molecular formula is C22H24NO4-. The second-order valence-corrected chi connectivity index (χ2v) is 7.49. The number of aromatic nitrogens is 1. The number of benzene rings is 2. The molecule has 1 unspecified atom stereocenters. The molecule has 0 amide bonds. The molecule has 5 nitrogen and oxygen atoms in total. The number of carbonyl (C=O) groups excluding carboxylic acids is 1. The lowest BCUT2D eigenvalue weighted by atomic mass is 9.99. The third-order valence-corrected chi connectivity index (χ3v) is 4.46. The zero-order valence-corrected chi connectivity index (χ0v) is 16.3. The third-order valence-electron chi connectivity index (χ3n) is 4.46. The first-order valence-corrected chi connectivity index (χ1v) is 8.83. The molecular weight excluding hydrogens is 342 g/mol. The number of carbonyl (C=O) groups is 1. The third kappa shape index (κ3) is 3.69. The zero-order chi connectivity index (χ0) is 19.8. The largest absolute Gasteiger partial charge is 0.547 e. The highest BCUT2D eigenvalue weighted by molar-refractivity contribution is 5.99. The Labute approximate surface area is 159 Å². The Morgan fingerprint density at radius 1 is 1.07 bits per heavy atom. The SMILES string of the molecule is COc1ccc(-c2c(C(OC(C)(C)C)C(=O)[O-])n(C)c3ccccc23)cc1. The molecule has 0 radical (unpaired) electrons. The number of carboxylic acids is 1. The van der Waals surface area contributed by atoms with E-state index in [1.807, 2.05) is 80.9 Å². The lowest BCUT2D eigenvalue weighted by molar-refractivity contribution is -0.321. The summed E-state index contributed by atoms with van der Waals surface area (Å²) in [6.45, 7) is 5.50. The van der Waals surface area contributed by atoms with Crippen LogP contribution in [-0.4, -0.2) is 23.2 Å². The summed E-state index contributed by atoms with van der Waals surface area (Å²) in [5.74, 6) is -0.520. The van der Waals surface area contributed by atoms with Crippen molar-refractivity contribution in [3.8, 4) is 16.9 Å². The van der Waals surface area contributed by atoms with Crippen LogP contribution in [0, 0.1) is 0 Å². The van der Waals surface area contributed by atoms with Gasteiger partial charge in [0.1, 0.15) is 11.9 Å². The summed E-state index contributed by atoms with van der Waals surface area (Å²) < 4.78 is 13.0. The predicted octanol–water partition coefficient (Wildman–Crippen LogP) is 3.46. The first-order valence-electron chi connectivity index (χ1n) is 8.83. The average Bonchev–Trinajstić information content (AvgIpc) is 2.92. The summed E-state index contributed by atoms with van der Waals surface area (Å²) in [5.41, 5.74) is 2.58. The Morgan fingerprint density at radius 3 is 2.26 bits per heavy atom. The standard InChI is InChI=1S/C22H25NO4/c1-22(2,3)27-20(21(24)25)19-18(14-10-12-15(26-5)13-11-14)16-8-6-7-9-17(16)23(19)4/h6-13,20H,1-5H3,(H,24,25)/p-1. The van der Waals surface area contributed by atoms with Gasteiger partial charge in [-0.1, -0.05) is 30.3 Å². The summed E-state index contributed by atoms with van der Waals surface area (Å²) in [5, 5.41) is 13.0. The van der Waals surface area contributed by atoms with Crippen LogP contribution < -0.4 is 9.84 Å². The lowest BCUT2D eigenvalue weighted by Gasteiger charge is -2.29. The topological polar surface area (TPSA) is 63.5 Å². The second-order valence-electron chi connectivity index (χ2n) is 7.49. The van der Waals surface area contributed by atoms with Crippen molar-refractivity contribution >= 4 is 16.9 Å². The highest BCUT2D eigenvalue weighted by Gasteiger charge is 2.29. The fraction of sp³-hybridized carbons (Fsp3) is 0.318. The molecule has 142 valence electrons. The minimum Gasteiger partial charge on any atom is -0.547 e. The Balaban J connectivity index is 2.30. The van der Waals surface area contributed by atoms with Crippen molar-refractivity contribution in [2.45, 2.75) is 32.5 Å². The van der Waals surface area contributed by atoms with E-state index in [2.05, 4.69) is 0 Å². The molecule has 27 heavy (non-hydrogen) atoms. The van der Waals surface area contributed by atoms with Crippen molar-refractivity contribution in [3.05, 3.63) is 54.2 Å². The van der Waals surface area contributed by atoms with E-state index in [9.17, 15) is 9.90 Å². The van der Waals surface area contributed by atoms with Crippen LogP contribution in [0.25, 0.3) is 22.0 Å². The van der Waals surface area contributed by atoms with Crippen LogP contribution in [0.1, 0.15) is 32.6 Å². The van der Waals surface area contributed by atoms with Gasteiger partial charge in [0.25, 0.3) is 0 Å². The van der Waals surface area contributed by atoms with E-state index >= 15 is 0 Å². The number of rotatable bonds is 5. The summed E-state index contributed by atoms with van der Waals surface area (Å²) in [7, 11) is 3.47. The summed E-state index contributed by atoms with van der Waals surface area (Å²) in [4.78, 5) is 12.0. The molecule has 0 aliphatic carbocycles. The normalized spacial score (nSPS) is 12.9. The van der Waals surface area contributed by atoms with Crippen LogP contribution in [0.4, 0.5) is 0 Å². The van der Waals surface area contributed by atoms with Gasteiger partial charge in [0.05, 0.1) is 24.4 Å². The van der Waals surface area contributed by atoms with E-state index < -0.39 is 17.7 Å². The average molecular weight is 366 g/mol. The highest BCUT2D eigenvalue weighted by atomic mass is 16.5. The number of ether oxygens (including phenoxy) is 2. The van der Waals surface area contributed by atoms with E-state index in [0.29, 0.717) is 5.69 Å². The molecule has 0 aliphatic rings. The number of hydrogen-bond acceptors (Lipinski definition) is 4. The van der Waals surface area contributed by atoms with E-state index in [-0.39, 0.29) is 0 Å². The maximum absolute atomic E-state index is 12.0. The molecule has 1 aromatic heterocycles. The van der Waals surface area contributed by atoms with Crippen LogP contribution in [0.3, 0.4) is 0 Å². The Kier molecular flexibility index (Phi) is 4.98. The fourth-order valence-electron chi connectivity index (χ4n) is 3.35. The predicted molar refractivity (Wildman–Crippen MR) is 103 cm³/mol. The lowest BCUT2D eigenvalue weighted by Crippen LogP contribution is -2.37. The van der Waals surface area contributed by atoms with E-state index in [1.165, 1.54) is 0 Å². The first-order chi connectivity index (χ1) is 12.7. The maximum atomic E-state index is 12.0. The number of hydrogen-bond donors (Lipinski definition) is 0. The van der Waals surface area contributed by atoms with Crippen LogP contribution in [0.15, 0.2) is 48.5 Å². The molecule has 0 aliphatic heterocycles. The summed E-state index contributed by atoms with van der Waals surface area (Å²) in [6, 6.07) is 15.4. The molecule has 1 atom stereocenters. The number of fused-ring (bicyclic) bond motifs is 1. The second kappa shape index (κ2) is 7.08. The van der Waals surface area contributed by atoms with E-state index in [0.717, 1.165) is 27.8 Å². The van der Waals surface area contributed by atoms with Gasteiger partial charge in [-0.25, -0.2) is 0 Å². The van der Waals surface area contributed by atoms with Crippen LogP contribution in [0.2, 0.25) is 0 Å². The Hall–Kier alpha value is -2.79. The Bertz CT molecular complexity index is 964. The van der Waals surface area contributed by atoms with Gasteiger partial charge in [-0.2, -0.15) is 0 Å². The van der Waals surface area contributed by atoms with Crippen LogP contribution in [0.5, 0.6) is 5.75 Å². The van der Waals surface area contributed by atoms with Gasteiger partial charge < -0.3 is 23.9 Å². The number of para-hydroxylation sites is 1. The smallest absolute Gasteiger partial charge is 0.138 e. The van der Waals surface area contributed by atoms with Gasteiger partial charge in [0.2, 0.25) is 0 Å². The quantitative estimate of drug-likeness (QED) is 0.694. The molecule has 0 N–H and O–H groups in total. The minimum atomic E-state index is -1.26. The van der Waals surface area contributed by atoms with E-state index in [4.69, 9.17) is 9.47 Å². The highest BCUT2D eigenvalue weighted by Crippen LogP contribution is 2.40. The molecule has 0 spiro atoms. The van der Waals surface area contributed by atoms with Gasteiger partial charge >= 0.3 is 0 Å². The van der Waals surface area contributed by atoms with Gasteiger partial charge in [0, 0.05) is 23.5 Å². The molecule has 0 saturated heterocycles. The number of aliphatic carboxylic acids is 1. The van der Waals surface area contributed by atoms with Crippen molar-refractivity contribution in [2.24, 2.45) is 7.05 Å². The molecule has 3 aromatic rings. The molecule has 1 heterocycles. The Morgan fingerprint density at radius 2 is 1.70 bits per heavy atom. The van der Waals surface area contributed by atoms with Crippen molar-refractivity contribution in [3.63, 3.8) is 0 Å². The molecule has 0 bridgehead atoms.